The number of carbonyl (C=O) groups is 1. The smallest absolute Gasteiger partial charge is 0.314 e. The summed E-state index contributed by atoms with van der Waals surface area (Å²) in [7, 11) is 0. The molecule has 0 saturated heterocycles. The van der Waals surface area contributed by atoms with Crippen molar-refractivity contribution in [2.45, 2.75) is 96.8 Å². The van der Waals surface area contributed by atoms with E-state index >= 15 is 0 Å². The van der Waals surface area contributed by atoms with Crippen LogP contribution < -0.4 is 0 Å². The first-order chi connectivity index (χ1) is 14.0. The van der Waals surface area contributed by atoms with Gasteiger partial charge in [-0.25, -0.2) is 0 Å². The van der Waals surface area contributed by atoms with E-state index in [1.54, 1.807) is 0 Å². The summed E-state index contributed by atoms with van der Waals surface area (Å²) in [5, 5.41) is 43.3. The van der Waals surface area contributed by atoms with E-state index in [0.29, 0.717) is 12.8 Å². The van der Waals surface area contributed by atoms with E-state index in [2.05, 4.69) is 19.1 Å². The molecule has 29 heavy (non-hydrogen) atoms. The minimum Gasteiger partial charge on any atom is -0.481 e. The summed E-state index contributed by atoms with van der Waals surface area (Å²) < 4.78 is 0. The molecule has 0 saturated carbocycles. The van der Waals surface area contributed by atoms with Gasteiger partial charge >= 0.3 is 5.97 Å². The van der Waals surface area contributed by atoms with Crippen molar-refractivity contribution in [2.75, 3.05) is 26.4 Å². The average molecular weight is 419 g/mol. The van der Waals surface area contributed by atoms with Crippen LogP contribution in [0.5, 0.6) is 0 Å². The summed E-state index contributed by atoms with van der Waals surface area (Å²) in [5.74, 6) is -1.11. The van der Waals surface area contributed by atoms with Crippen LogP contribution in [0.3, 0.4) is 0 Å². The van der Waals surface area contributed by atoms with E-state index in [1.807, 2.05) is 0 Å². The normalized spacial score (nSPS) is 11.5. The lowest BCUT2D eigenvalue weighted by molar-refractivity contribution is -0.155. The zero-order chi connectivity index (χ0) is 22.2. The van der Waals surface area contributed by atoms with Crippen molar-refractivity contribution >= 4 is 5.97 Å². The fourth-order valence-corrected chi connectivity index (χ4v) is 2.88. The van der Waals surface area contributed by atoms with Gasteiger partial charge in [-0.2, -0.15) is 0 Å². The Morgan fingerprint density at radius 1 is 0.690 bits per heavy atom. The molecule has 0 atom stereocenters. The monoisotopic (exact) mass is 418 g/mol. The van der Waals surface area contributed by atoms with Gasteiger partial charge in [0, 0.05) is 13.2 Å². The number of rotatable bonds is 19. The van der Waals surface area contributed by atoms with Gasteiger partial charge < -0.3 is 25.5 Å². The van der Waals surface area contributed by atoms with Crippen LogP contribution in [0.25, 0.3) is 0 Å². The topological polar surface area (TPSA) is 118 Å². The molecule has 0 aromatic heterocycles. The fourth-order valence-electron chi connectivity index (χ4n) is 2.88. The van der Waals surface area contributed by atoms with Gasteiger partial charge in [0.2, 0.25) is 0 Å². The molecule has 0 radical (unpaired) electrons. The summed E-state index contributed by atoms with van der Waals surface area (Å²) in [4.78, 5) is 11.1. The van der Waals surface area contributed by atoms with E-state index in [-0.39, 0.29) is 13.2 Å². The molecule has 0 amide bonds. The Morgan fingerprint density at radius 2 is 1.14 bits per heavy atom. The van der Waals surface area contributed by atoms with E-state index in [9.17, 15) is 15.0 Å². The predicted octanol–water partition coefficient (Wildman–Crippen LogP) is 4.05. The summed E-state index contributed by atoms with van der Waals surface area (Å²) in [6.45, 7) is 1.43. The van der Waals surface area contributed by atoms with Crippen molar-refractivity contribution in [1.29, 1.82) is 0 Å². The molecule has 0 rings (SSSR count). The highest BCUT2D eigenvalue weighted by atomic mass is 16.4. The van der Waals surface area contributed by atoms with Crippen LogP contribution >= 0.6 is 0 Å². The quantitative estimate of drug-likeness (QED) is 0.159. The highest BCUT2D eigenvalue weighted by Gasteiger charge is 2.36. The Hall–Kier alpha value is -0.950. The number of hydrogen-bond acceptors (Lipinski definition) is 5. The summed E-state index contributed by atoms with van der Waals surface area (Å²) in [5.41, 5.74) is -1.36. The van der Waals surface area contributed by atoms with Gasteiger partial charge in [0.05, 0.1) is 13.2 Å². The molecule has 6 nitrogen and oxygen atoms in total. The zero-order valence-electron chi connectivity index (χ0n) is 18.5. The Kier molecular flexibility index (Phi) is 24.3. The Bertz CT molecular complexity index is 364. The molecule has 0 spiro atoms. The first-order valence-corrected chi connectivity index (χ1v) is 11.4. The van der Waals surface area contributed by atoms with Gasteiger partial charge in [0.1, 0.15) is 5.41 Å². The van der Waals surface area contributed by atoms with E-state index in [0.717, 1.165) is 32.1 Å². The second-order valence-electron chi connectivity index (χ2n) is 7.68. The van der Waals surface area contributed by atoms with Crippen molar-refractivity contribution in [3.8, 4) is 0 Å². The molecule has 0 aliphatic heterocycles. The number of aliphatic hydroxyl groups is 4. The van der Waals surface area contributed by atoms with Crippen molar-refractivity contribution in [3.63, 3.8) is 0 Å². The second-order valence-corrected chi connectivity index (χ2v) is 7.68. The van der Waals surface area contributed by atoms with E-state index < -0.39 is 24.6 Å². The average Bonchev–Trinajstić information content (AvgIpc) is 2.72. The first-order valence-electron chi connectivity index (χ1n) is 11.4. The minimum absolute atomic E-state index is 0.0938. The second kappa shape index (κ2) is 23.3. The van der Waals surface area contributed by atoms with Crippen LogP contribution in [0, 0.1) is 5.41 Å². The summed E-state index contributed by atoms with van der Waals surface area (Å²) in [6, 6.07) is 0. The Labute approximate surface area is 177 Å². The van der Waals surface area contributed by atoms with Crippen LogP contribution in [0.15, 0.2) is 12.2 Å². The number of unbranched alkanes of at least 4 members (excludes halogenated alkanes) is 10. The lowest BCUT2D eigenvalue weighted by Crippen LogP contribution is -2.38. The van der Waals surface area contributed by atoms with E-state index in [1.165, 1.54) is 44.9 Å². The molecule has 0 fully saturated rings. The molecule has 0 aliphatic rings. The molecule has 5 N–H and O–H groups in total. The summed E-state index contributed by atoms with van der Waals surface area (Å²) in [6.07, 6.45) is 19.5. The third kappa shape index (κ3) is 18.8. The van der Waals surface area contributed by atoms with Crippen LogP contribution in [0.2, 0.25) is 0 Å². The third-order valence-corrected chi connectivity index (χ3v) is 5.04. The zero-order valence-corrected chi connectivity index (χ0v) is 18.5. The molecule has 6 heteroatoms. The van der Waals surface area contributed by atoms with Gasteiger partial charge in [-0.1, -0.05) is 70.4 Å². The molecule has 0 aliphatic carbocycles. The predicted molar refractivity (Wildman–Crippen MR) is 118 cm³/mol. The lowest BCUT2D eigenvalue weighted by Gasteiger charge is -2.24. The van der Waals surface area contributed by atoms with Gasteiger partial charge in [-0.05, 0) is 38.5 Å². The van der Waals surface area contributed by atoms with Crippen molar-refractivity contribution < 1.29 is 30.3 Å². The number of carboxylic acid groups (broad SMARTS) is 1. The number of aliphatic carboxylic acids is 1. The maximum Gasteiger partial charge on any atom is 0.314 e. The molecule has 0 unspecified atom stereocenters. The van der Waals surface area contributed by atoms with Crippen LogP contribution in [-0.4, -0.2) is 57.9 Å². The number of carboxylic acids is 1. The van der Waals surface area contributed by atoms with Gasteiger partial charge in [0.25, 0.3) is 0 Å². The maximum absolute atomic E-state index is 11.1. The maximum atomic E-state index is 11.1. The molecule has 0 aromatic rings. The SMILES string of the molecule is CCCCCCCCC=CCCCCCCC(CO)(CO)C(=O)O.OCCCO. The first kappa shape index (κ1) is 30.2. The van der Waals surface area contributed by atoms with Crippen molar-refractivity contribution in [2.24, 2.45) is 5.41 Å². The standard InChI is InChI=1S/C20H38O4.C3H8O2/c1-2-3-4-5-6-7-8-9-10-11-12-13-14-15-16-20(17-21,18-22)19(23)24;4-2-1-3-5/h9-10,21-22H,2-8,11-18H2,1H3,(H,23,24);4-5H,1-3H2. The Morgan fingerprint density at radius 3 is 1.52 bits per heavy atom. The van der Waals surface area contributed by atoms with Gasteiger partial charge in [0.15, 0.2) is 0 Å². The molecular weight excluding hydrogens is 372 g/mol. The third-order valence-electron chi connectivity index (χ3n) is 5.04. The number of hydrogen-bond donors (Lipinski definition) is 5. The van der Waals surface area contributed by atoms with Crippen molar-refractivity contribution in [1.82, 2.24) is 0 Å². The molecule has 0 aromatic carbocycles. The largest absolute Gasteiger partial charge is 0.481 e. The van der Waals surface area contributed by atoms with Crippen LogP contribution in [0.1, 0.15) is 96.8 Å². The number of allylic oxidation sites excluding steroid dienone is 2. The highest BCUT2D eigenvalue weighted by molar-refractivity contribution is 5.74. The minimum atomic E-state index is -1.36. The molecule has 0 bridgehead atoms. The van der Waals surface area contributed by atoms with Crippen molar-refractivity contribution in [3.05, 3.63) is 12.2 Å². The van der Waals surface area contributed by atoms with Gasteiger partial charge in [-0.15, -0.1) is 0 Å². The van der Waals surface area contributed by atoms with Crippen LogP contribution in [-0.2, 0) is 4.79 Å². The number of aliphatic hydroxyl groups excluding tert-OH is 4. The molecule has 174 valence electrons. The van der Waals surface area contributed by atoms with E-state index in [4.69, 9.17) is 15.3 Å². The van der Waals surface area contributed by atoms with Gasteiger partial charge in [-0.3, -0.25) is 4.79 Å². The summed E-state index contributed by atoms with van der Waals surface area (Å²) >= 11 is 0. The Balaban J connectivity index is 0. The van der Waals surface area contributed by atoms with Crippen LogP contribution in [0.4, 0.5) is 0 Å². The molecular formula is C23H46O6. The lowest BCUT2D eigenvalue weighted by atomic mass is 9.84. The fraction of sp³-hybridized carbons (Fsp3) is 0.870. The highest BCUT2D eigenvalue weighted by Crippen LogP contribution is 2.25. The molecule has 0 heterocycles.